The summed E-state index contributed by atoms with van der Waals surface area (Å²) in [5.74, 6) is 1.03. The largest absolute Gasteiger partial charge is 0.486 e. The average molecular weight is 417 g/mol. The van der Waals surface area contributed by atoms with Crippen LogP contribution >= 0.6 is 11.6 Å². The molecule has 2 N–H and O–H groups in total. The number of fused-ring (bicyclic) bond motifs is 1. The van der Waals surface area contributed by atoms with Crippen LogP contribution in [0.15, 0.2) is 48.5 Å². The van der Waals surface area contributed by atoms with Crippen molar-refractivity contribution in [2.75, 3.05) is 13.2 Å². The monoisotopic (exact) mass is 416 g/mol. The quantitative estimate of drug-likeness (QED) is 0.724. The Morgan fingerprint density at radius 3 is 2.48 bits per heavy atom. The van der Waals surface area contributed by atoms with E-state index in [0.29, 0.717) is 41.7 Å². The van der Waals surface area contributed by atoms with Crippen LogP contribution in [0.25, 0.3) is 0 Å². The number of hydrogen-bond donors (Lipinski definition) is 2. The maximum atomic E-state index is 12.7. The fourth-order valence-electron chi connectivity index (χ4n) is 3.05. The molecule has 2 atom stereocenters. The Morgan fingerprint density at radius 1 is 1.10 bits per heavy atom. The molecule has 3 rings (SSSR count). The van der Waals surface area contributed by atoms with E-state index < -0.39 is 6.04 Å². The molecule has 2 aromatic carbocycles. The third-order valence-electron chi connectivity index (χ3n) is 4.51. The van der Waals surface area contributed by atoms with Crippen molar-refractivity contribution in [3.8, 4) is 11.5 Å². The van der Waals surface area contributed by atoms with Gasteiger partial charge in [0.15, 0.2) is 11.5 Å². The number of rotatable bonds is 7. The zero-order valence-electron chi connectivity index (χ0n) is 16.5. The van der Waals surface area contributed by atoms with Gasteiger partial charge in [0.05, 0.1) is 6.54 Å². The maximum Gasteiger partial charge on any atom is 0.251 e. The lowest BCUT2D eigenvalue weighted by Crippen LogP contribution is -2.50. The van der Waals surface area contributed by atoms with Crippen LogP contribution < -0.4 is 20.1 Å². The Hall–Kier alpha value is -2.73. The van der Waals surface area contributed by atoms with Crippen LogP contribution in [0, 0.1) is 5.92 Å². The van der Waals surface area contributed by atoms with Crippen LogP contribution in [-0.4, -0.2) is 37.1 Å². The Balaban J connectivity index is 1.57. The van der Waals surface area contributed by atoms with E-state index in [9.17, 15) is 9.59 Å². The summed E-state index contributed by atoms with van der Waals surface area (Å²) in [6, 6.07) is 13.3. The van der Waals surface area contributed by atoms with Gasteiger partial charge in [-0.2, -0.15) is 0 Å². The van der Waals surface area contributed by atoms with Crippen LogP contribution in [0.3, 0.4) is 0 Å². The van der Waals surface area contributed by atoms with Gasteiger partial charge in [-0.05, 0) is 48.7 Å². The molecule has 1 heterocycles. The van der Waals surface area contributed by atoms with E-state index >= 15 is 0 Å². The SMILES string of the molecule is CC(C)CC(NC(=O)c1ccc(Cl)cc1)C(=O)NCC1COc2ccccc2O1. The number of ether oxygens (including phenoxy) is 2. The predicted octanol–water partition coefficient (Wildman–Crippen LogP) is 3.44. The standard InChI is InChI=1S/C22H25ClN2O4/c1-14(2)11-18(25-21(26)15-7-9-16(23)10-8-15)22(27)24-12-17-13-28-19-5-3-4-6-20(19)29-17/h3-10,14,17-18H,11-13H2,1-2H3,(H,24,27)(H,25,26). The van der Waals surface area contributed by atoms with Crippen LogP contribution in [-0.2, 0) is 4.79 Å². The topological polar surface area (TPSA) is 76.7 Å². The molecule has 154 valence electrons. The second-order valence-corrected chi connectivity index (χ2v) is 7.84. The third-order valence-corrected chi connectivity index (χ3v) is 4.76. The summed E-state index contributed by atoms with van der Waals surface area (Å²) in [5, 5.41) is 6.25. The predicted molar refractivity (Wildman–Crippen MR) is 112 cm³/mol. The van der Waals surface area contributed by atoms with Gasteiger partial charge in [0, 0.05) is 10.6 Å². The van der Waals surface area contributed by atoms with E-state index in [1.165, 1.54) is 0 Å². The van der Waals surface area contributed by atoms with Crippen molar-refractivity contribution in [1.82, 2.24) is 10.6 Å². The fraction of sp³-hybridized carbons (Fsp3) is 0.364. The maximum absolute atomic E-state index is 12.7. The minimum Gasteiger partial charge on any atom is -0.486 e. The molecule has 0 aliphatic carbocycles. The summed E-state index contributed by atoms with van der Waals surface area (Å²) in [7, 11) is 0. The number of amides is 2. The molecule has 0 radical (unpaired) electrons. The molecule has 0 bridgehead atoms. The zero-order chi connectivity index (χ0) is 20.8. The van der Waals surface area contributed by atoms with Gasteiger partial charge in [-0.3, -0.25) is 9.59 Å². The molecule has 2 unspecified atom stereocenters. The molecular weight excluding hydrogens is 392 g/mol. The van der Waals surface area contributed by atoms with Crippen molar-refractivity contribution in [2.45, 2.75) is 32.4 Å². The lowest BCUT2D eigenvalue weighted by Gasteiger charge is -2.27. The molecule has 2 aromatic rings. The van der Waals surface area contributed by atoms with E-state index in [4.69, 9.17) is 21.1 Å². The Morgan fingerprint density at radius 2 is 1.79 bits per heavy atom. The molecule has 2 amide bonds. The molecule has 7 heteroatoms. The molecule has 0 saturated heterocycles. The van der Waals surface area contributed by atoms with E-state index in [0.717, 1.165) is 0 Å². The van der Waals surface area contributed by atoms with Crippen molar-refractivity contribution in [3.05, 3.63) is 59.1 Å². The van der Waals surface area contributed by atoms with Crippen molar-refractivity contribution in [1.29, 1.82) is 0 Å². The summed E-state index contributed by atoms with van der Waals surface area (Å²) in [6.07, 6.45) is 0.233. The first-order valence-corrected chi connectivity index (χ1v) is 10.0. The molecular formula is C22H25ClN2O4. The van der Waals surface area contributed by atoms with Crippen molar-refractivity contribution < 1.29 is 19.1 Å². The highest BCUT2D eigenvalue weighted by Gasteiger charge is 2.25. The lowest BCUT2D eigenvalue weighted by molar-refractivity contribution is -0.123. The molecule has 0 spiro atoms. The van der Waals surface area contributed by atoms with E-state index in [1.54, 1.807) is 24.3 Å². The molecule has 0 saturated carbocycles. The van der Waals surface area contributed by atoms with Crippen molar-refractivity contribution in [3.63, 3.8) is 0 Å². The Kier molecular flexibility index (Phi) is 6.99. The second-order valence-electron chi connectivity index (χ2n) is 7.41. The van der Waals surface area contributed by atoms with Crippen LogP contribution in [0.4, 0.5) is 0 Å². The molecule has 0 fully saturated rings. The number of halogens is 1. The van der Waals surface area contributed by atoms with E-state index in [1.807, 2.05) is 38.1 Å². The zero-order valence-corrected chi connectivity index (χ0v) is 17.2. The number of nitrogens with one attached hydrogen (secondary N) is 2. The van der Waals surface area contributed by atoms with Crippen molar-refractivity contribution in [2.24, 2.45) is 5.92 Å². The van der Waals surface area contributed by atoms with Gasteiger partial charge in [0.2, 0.25) is 5.91 Å². The fourth-order valence-corrected chi connectivity index (χ4v) is 3.17. The normalized spacial score (nSPS) is 16.2. The molecule has 1 aliphatic rings. The van der Waals surface area contributed by atoms with Crippen LogP contribution in [0.2, 0.25) is 5.02 Å². The lowest BCUT2D eigenvalue weighted by atomic mass is 10.0. The smallest absolute Gasteiger partial charge is 0.251 e. The van der Waals surface area contributed by atoms with Crippen LogP contribution in [0.5, 0.6) is 11.5 Å². The van der Waals surface area contributed by atoms with Crippen LogP contribution in [0.1, 0.15) is 30.6 Å². The second kappa shape index (κ2) is 9.65. The minimum absolute atomic E-state index is 0.234. The van der Waals surface area contributed by atoms with E-state index in [2.05, 4.69) is 10.6 Å². The number of benzene rings is 2. The molecule has 29 heavy (non-hydrogen) atoms. The summed E-state index contributed by atoms with van der Waals surface area (Å²) in [5.41, 5.74) is 0.455. The summed E-state index contributed by atoms with van der Waals surface area (Å²) < 4.78 is 11.5. The number of carbonyl (C=O) groups excluding carboxylic acids is 2. The highest BCUT2D eigenvalue weighted by molar-refractivity contribution is 6.30. The van der Waals surface area contributed by atoms with Crippen molar-refractivity contribution >= 4 is 23.4 Å². The van der Waals surface area contributed by atoms with Gasteiger partial charge in [-0.25, -0.2) is 0 Å². The van der Waals surface area contributed by atoms with Gasteiger partial charge >= 0.3 is 0 Å². The van der Waals surface area contributed by atoms with Gasteiger partial charge in [-0.1, -0.05) is 37.6 Å². The Labute approximate surface area is 175 Å². The molecule has 0 aromatic heterocycles. The highest BCUT2D eigenvalue weighted by Crippen LogP contribution is 2.30. The molecule has 1 aliphatic heterocycles. The first-order chi connectivity index (χ1) is 13.9. The first kappa shape index (κ1) is 21.0. The van der Waals surface area contributed by atoms with Gasteiger partial charge in [0.1, 0.15) is 18.8 Å². The summed E-state index contributed by atoms with van der Waals surface area (Å²) in [4.78, 5) is 25.3. The number of carbonyl (C=O) groups is 2. The first-order valence-electron chi connectivity index (χ1n) is 9.65. The Bertz CT molecular complexity index is 854. The average Bonchev–Trinajstić information content (AvgIpc) is 2.71. The number of para-hydroxylation sites is 2. The van der Waals surface area contributed by atoms with Gasteiger partial charge < -0.3 is 20.1 Å². The van der Waals surface area contributed by atoms with Gasteiger partial charge in [-0.15, -0.1) is 0 Å². The van der Waals surface area contributed by atoms with E-state index in [-0.39, 0.29) is 23.8 Å². The minimum atomic E-state index is -0.644. The number of hydrogen-bond acceptors (Lipinski definition) is 4. The third kappa shape index (κ3) is 5.87. The summed E-state index contributed by atoms with van der Waals surface area (Å²) >= 11 is 5.87. The molecule has 6 nitrogen and oxygen atoms in total. The van der Waals surface area contributed by atoms with Gasteiger partial charge in [0.25, 0.3) is 5.91 Å². The highest BCUT2D eigenvalue weighted by atomic mass is 35.5. The summed E-state index contributed by atoms with van der Waals surface area (Å²) in [6.45, 7) is 4.65.